The predicted octanol–water partition coefficient (Wildman–Crippen LogP) is 3.46. The highest BCUT2D eigenvalue weighted by atomic mass is 35.5. The molecule has 1 aromatic heterocycles. The van der Waals surface area contributed by atoms with E-state index < -0.39 is 0 Å². The van der Waals surface area contributed by atoms with Crippen LogP contribution in [0.1, 0.15) is 5.69 Å². The van der Waals surface area contributed by atoms with Gasteiger partial charge in [0, 0.05) is 18.3 Å². The van der Waals surface area contributed by atoms with E-state index in [0.717, 1.165) is 0 Å². The lowest BCUT2D eigenvalue weighted by Crippen LogP contribution is -2.12. The van der Waals surface area contributed by atoms with Crippen molar-refractivity contribution in [2.24, 2.45) is 5.73 Å². The van der Waals surface area contributed by atoms with E-state index in [1.54, 1.807) is 30.3 Å². The zero-order chi connectivity index (χ0) is 13.1. The Kier molecular flexibility index (Phi) is 3.69. The summed E-state index contributed by atoms with van der Waals surface area (Å²) < 4.78 is 5.57. The number of nitrogens with two attached hydrogens (primary N) is 1. The number of nitrogens with one attached hydrogen (secondary N) is 1. The van der Waals surface area contributed by atoms with Gasteiger partial charge in [-0.2, -0.15) is 0 Å². The molecule has 0 bridgehead atoms. The van der Waals surface area contributed by atoms with Crippen LogP contribution in [-0.4, -0.2) is 10.8 Å². The van der Waals surface area contributed by atoms with Gasteiger partial charge in [-0.25, -0.2) is 0 Å². The number of nitrogen functional groups attached to an aromatic ring is 1. The summed E-state index contributed by atoms with van der Waals surface area (Å²) in [5.41, 5.74) is 5.70. The second-order valence-electron chi connectivity index (χ2n) is 3.47. The summed E-state index contributed by atoms with van der Waals surface area (Å²) in [5, 5.41) is 8.17. The zero-order valence-corrected chi connectivity index (χ0v) is 10.7. The Morgan fingerprint density at radius 1 is 1.11 bits per heavy atom. The Morgan fingerprint density at radius 2 is 1.83 bits per heavy atom. The number of pyridine rings is 1. The van der Waals surface area contributed by atoms with E-state index in [1.807, 2.05) is 0 Å². The maximum atomic E-state index is 7.30. The highest BCUT2D eigenvalue weighted by molar-refractivity contribution is 6.42. The summed E-state index contributed by atoms with van der Waals surface area (Å²) in [6, 6.07) is 8.19. The number of aromatic nitrogens is 1. The average Bonchev–Trinajstić information content (AvgIpc) is 2.34. The first-order chi connectivity index (χ1) is 8.56. The SMILES string of the molecule is N=C(N)c1cc(Oc2ccc(Cl)c(Cl)c2)ccn1. The lowest BCUT2D eigenvalue weighted by atomic mass is 10.3. The number of amidine groups is 1. The van der Waals surface area contributed by atoms with Crippen molar-refractivity contribution in [3.05, 3.63) is 52.3 Å². The van der Waals surface area contributed by atoms with E-state index in [2.05, 4.69) is 4.98 Å². The van der Waals surface area contributed by atoms with Crippen molar-refractivity contribution in [2.75, 3.05) is 0 Å². The molecule has 0 fully saturated rings. The fourth-order valence-electron chi connectivity index (χ4n) is 1.30. The third-order valence-corrected chi connectivity index (χ3v) is 2.87. The van der Waals surface area contributed by atoms with Crippen molar-refractivity contribution in [3.8, 4) is 11.5 Å². The molecule has 0 aliphatic heterocycles. The molecule has 0 amide bonds. The van der Waals surface area contributed by atoms with E-state index >= 15 is 0 Å². The Balaban J connectivity index is 2.25. The number of hydrogen-bond donors (Lipinski definition) is 2. The van der Waals surface area contributed by atoms with E-state index in [0.29, 0.717) is 27.2 Å². The van der Waals surface area contributed by atoms with Crippen molar-refractivity contribution in [2.45, 2.75) is 0 Å². The fourth-order valence-corrected chi connectivity index (χ4v) is 1.59. The second kappa shape index (κ2) is 5.25. The lowest BCUT2D eigenvalue weighted by molar-refractivity contribution is 0.482. The topological polar surface area (TPSA) is 72.0 Å². The van der Waals surface area contributed by atoms with Gasteiger partial charge in [-0.15, -0.1) is 0 Å². The molecule has 0 aliphatic rings. The van der Waals surface area contributed by atoms with Gasteiger partial charge in [0.2, 0.25) is 0 Å². The van der Waals surface area contributed by atoms with Gasteiger partial charge < -0.3 is 10.5 Å². The molecule has 0 atom stereocenters. The number of ether oxygens (including phenoxy) is 1. The van der Waals surface area contributed by atoms with Crippen LogP contribution >= 0.6 is 23.2 Å². The molecule has 0 saturated heterocycles. The molecule has 6 heteroatoms. The molecule has 0 saturated carbocycles. The predicted molar refractivity (Wildman–Crippen MR) is 71.8 cm³/mol. The maximum absolute atomic E-state index is 7.30. The lowest BCUT2D eigenvalue weighted by Gasteiger charge is -2.07. The first-order valence-electron chi connectivity index (χ1n) is 4.99. The average molecular weight is 282 g/mol. The van der Waals surface area contributed by atoms with Crippen LogP contribution < -0.4 is 10.5 Å². The van der Waals surface area contributed by atoms with Crippen LogP contribution in [0.25, 0.3) is 0 Å². The number of nitrogens with zero attached hydrogens (tertiary/aromatic N) is 1. The smallest absolute Gasteiger partial charge is 0.141 e. The molecule has 4 nitrogen and oxygen atoms in total. The first kappa shape index (κ1) is 12.7. The van der Waals surface area contributed by atoms with Gasteiger partial charge in [-0.1, -0.05) is 23.2 Å². The van der Waals surface area contributed by atoms with E-state index in [1.165, 1.54) is 6.20 Å². The van der Waals surface area contributed by atoms with E-state index in [-0.39, 0.29) is 5.84 Å². The standard InChI is InChI=1S/C12H9Cl2N3O/c13-9-2-1-7(5-10(9)14)18-8-3-4-17-11(6-8)12(15)16/h1-6H,(H3,15,16). The summed E-state index contributed by atoms with van der Waals surface area (Å²) in [6.07, 6.45) is 1.52. The Bertz CT molecular complexity index is 602. The van der Waals surface area contributed by atoms with Crippen LogP contribution in [0.5, 0.6) is 11.5 Å². The minimum atomic E-state index is -0.116. The first-order valence-corrected chi connectivity index (χ1v) is 5.75. The Morgan fingerprint density at radius 3 is 2.50 bits per heavy atom. The molecule has 0 unspecified atom stereocenters. The molecule has 0 spiro atoms. The summed E-state index contributed by atoms with van der Waals surface area (Å²) >= 11 is 11.7. The molecule has 18 heavy (non-hydrogen) atoms. The summed E-state index contributed by atoms with van der Waals surface area (Å²) in [5.74, 6) is 0.952. The maximum Gasteiger partial charge on any atom is 0.141 e. The van der Waals surface area contributed by atoms with Crippen LogP contribution in [0.15, 0.2) is 36.5 Å². The van der Waals surface area contributed by atoms with Crippen LogP contribution in [0.4, 0.5) is 0 Å². The number of benzene rings is 1. The summed E-state index contributed by atoms with van der Waals surface area (Å²) in [4.78, 5) is 3.94. The van der Waals surface area contributed by atoms with Gasteiger partial charge in [0.1, 0.15) is 23.0 Å². The highest BCUT2D eigenvalue weighted by Crippen LogP contribution is 2.29. The van der Waals surface area contributed by atoms with Gasteiger partial charge in [-0.05, 0) is 18.2 Å². The minimum Gasteiger partial charge on any atom is -0.457 e. The van der Waals surface area contributed by atoms with Crippen molar-refractivity contribution >= 4 is 29.0 Å². The van der Waals surface area contributed by atoms with Crippen molar-refractivity contribution in [1.82, 2.24) is 4.98 Å². The Hall–Kier alpha value is -1.78. The number of rotatable bonds is 3. The van der Waals surface area contributed by atoms with Gasteiger partial charge in [0.25, 0.3) is 0 Å². The van der Waals surface area contributed by atoms with Crippen molar-refractivity contribution in [3.63, 3.8) is 0 Å². The fraction of sp³-hybridized carbons (Fsp3) is 0. The zero-order valence-electron chi connectivity index (χ0n) is 9.15. The van der Waals surface area contributed by atoms with Gasteiger partial charge in [0.05, 0.1) is 10.0 Å². The molecule has 3 N–H and O–H groups in total. The summed E-state index contributed by atoms with van der Waals surface area (Å²) in [6.45, 7) is 0. The second-order valence-corrected chi connectivity index (χ2v) is 4.28. The van der Waals surface area contributed by atoms with Crippen LogP contribution in [0, 0.1) is 5.41 Å². The van der Waals surface area contributed by atoms with Crippen molar-refractivity contribution in [1.29, 1.82) is 5.41 Å². The molecule has 0 aliphatic carbocycles. The van der Waals surface area contributed by atoms with Crippen LogP contribution in [0.2, 0.25) is 10.0 Å². The van der Waals surface area contributed by atoms with Crippen LogP contribution in [0.3, 0.4) is 0 Å². The molecule has 1 aromatic carbocycles. The van der Waals surface area contributed by atoms with Gasteiger partial charge in [0.15, 0.2) is 0 Å². The quantitative estimate of drug-likeness (QED) is 0.668. The molecule has 2 rings (SSSR count). The third kappa shape index (κ3) is 2.91. The molecule has 2 aromatic rings. The summed E-state index contributed by atoms with van der Waals surface area (Å²) in [7, 11) is 0. The molecule has 92 valence electrons. The van der Waals surface area contributed by atoms with E-state index in [4.69, 9.17) is 39.1 Å². The molecule has 0 radical (unpaired) electrons. The largest absolute Gasteiger partial charge is 0.457 e. The third-order valence-electron chi connectivity index (χ3n) is 2.13. The van der Waals surface area contributed by atoms with E-state index in [9.17, 15) is 0 Å². The Labute approximate surface area is 114 Å². The minimum absolute atomic E-state index is 0.116. The monoisotopic (exact) mass is 281 g/mol. The molecular formula is C12H9Cl2N3O. The number of hydrogen-bond acceptors (Lipinski definition) is 3. The van der Waals surface area contributed by atoms with Gasteiger partial charge in [-0.3, -0.25) is 10.4 Å². The highest BCUT2D eigenvalue weighted by Gasteiger charge is 2.04. The van der Waals surface area contributed by atoms with Crippen molar-refractivity contribution < 1.29 is 4.74 Å². The molecule has 1 heterocycles. The molecular weight excluding hydrogens is 273 g/mol. The normalized spacial score (nSPS) is 10.1. The number of halogens is 2. The van der Waals surface area contributed by atoms with Crippen LogP contribution in [-0.2, 0) is 0 Å². The van der Waals surface area contributed by atoms with Gasteiger partial charge >= 0.3 is 0 Å².